The van der Waals surface area contributed by atoms with Crippen molar-refractivity contribution in [3.05, 3.63) is 0 Å². The summed E-state index contributed by atoms with van der Waals surface area (Å²) in [4.78, 5) is 33.1. The summed E-state index contributed by atoms with van der Waals surface area (Å²) in [6.45, 7) is 4.18. The van der Waals surface area contributed by atoms with E-state index in [0.717, 1.165) is 0 Å². The zero-order chi connectivity index (χ0) is 9.52. The topological polar surface area (TPSA) is 60.4 Å². The third-order valence-electron chi connectivity index (χ3n) is 1.85. The first kappa shape index (κ1) is 8.90. The molecule has 0 aromatic heterocycles. The monoisotopic (exact) mass is 170 g/mol. The first-order chi connectivity index (χ1) is 5.36. The van der Waals surface area contributed by atoms with Crippen LogP contribution in [0.15, 0.2) is 0 Å². The molecule has 0 spiro atoms. The van der Waals surface area contributed by atoms with E-state index >= 15 is 0 Å². The number of rotatable bonds is 1. The van der Waals surface area contributed by atoms with Gasteiger partial charge < -0.3 is 4.74 Å². The number of hydrogen-bond donors (Lipinski definition) is 0. The van der Waals surface area contributed by atoms with Gasteiger partial charge in [-0.25, -0.2) is 0 Å². The van der Waals surface area contributed by atoms with Gasteiger partial charge in [-0.1, -0.05) is 0 Å². The fourth-order valence-electron chi connectivity index (χ4n) is 1.17. The molecule has 1 rings (SSSR count). The third kappa shape index (κ3) is 1.13. The van der Waals surface area contributed by atoms with Crippen LogP contribution >= 0.6 is 0 Å². The van der Waals surface area contributed by atoms with E-state index in [1.165, 1.54) is 20.8 Å². The van der Waals surface area contributed by atoms with E-state index in [1.807, 2.05) is 0 Å². The van der Waals surface area contributed by atoms with Crippen LogP contribution in [-0.2, 0) is 19.1 Å². The van der Waals surface area contributed by atoms with Crippen molar-refractivity contribution < 1.29 is 19.1 Å². The highest BCUT2D eigenvalue weighted by Crippen LogP contribution is 2.26. The van der Waals surface area contributed by atoms with Gasteiger partial charge in [-0.3, -0.25) is 14.4 Å². The minimum absolute atomic E-state index is 0.444. The summed E-state index contributed by atoms with van der Waals surface area (Å²) in [5, 5.41) is 0. The van der Waals surface area contributed by atoms with E-state index in [2.05, 4.69) is 0 Å². The fourth-order valence-corrected chi connectivity index (χ4v) is 1.17. The Morgan fingerprint density at radius 1 is 1.42 bits per heavy atom. The SMILES string of the molecule is CC(=O)C1C(=O)OC(C)(C)C1=O. The Hall–Kier alpha value is -1.19. The highest BCUT2D eigenvalue weighted by atomic mass is 16.6. The van der Waals surface area contributed by atoms with Crippen molar-refractivity contribution >= 4 is 17.5 Å². The summed E-state index contributed by atoms with van der Waals surface area (Å²) in [6, 6.07) is 0. The molecular weight excluding hydrogens is 160 g/mol. The second kappa shape index (κ2) is 2.40. The standard InChI is InChI=1S/C8H10O4/c1-4(9)5-6(10)8(2,3)12-7(5)11/h5H,1-3H3. The number of hydrogen-bond acceptors (Lipinski definition) is 4. The molecule has 0 aromatic carbocycles. The number of cyclic esters (lactones) is 1. The maximum atomic E-state index is 11.3. The van der Waals surface area contributed by atoms with Crippen molar-refractivity contribution in [2.45, 2.75) is 26.4 Å². The third-order valence-corrected chi connectivity index (χ3v) is 1.85. The van der Waals surface area contributed by atoms with Gasteiger partial charge in [-0.15, -0.1) is 0 Å². The highest BCUT2D eigenvalue weighted by molar-refractivity contribution is 6.22. The van der Waals surface area contributed by atoms with Crippen LogP contribution in [0.3, 0.4) is 0 Å². The van der Waals surface area contributed by atoms with Crippen molar-refractivity contribution in [1.82, 2.24) is 0 Å². The van der Waals surface area contributed by atoms with Crippen molar-refractivity contribution in [2.24, 2.45) is 5.92 Å². The summed E-state index contributed by atoms with van der Waals surface area (Å²) in [6.07, 6.45) is 0. The molecule has 0 radical (unpaired) electrons. The van der Waals surface area contributed by atoms with Crippen LogP contribution in [0.2, 0.25) is 0 Å². The minimum atomic E-state index is -1.19. The van der Waals surface area contributed by atoms with Crippen LogP contribution in [0.25, 0.3) is 0 Å². The Balaban J connectivity index is 3.01. The van der Waals surface area contributed by atoms with Crippen molar-refractivity contribution in [2.75, 3.05) is 0 Å². The fraction of sp³-hybridized carbons (Fsp3) is 0.625. The molecule has 1 aliphatic heterocycles. The van der Waals surface area contributed by atoms with Crippen LogP contribution in [0.4, 0.5) is 0 Å². The number of ketones is 2. The summed E-state index contributed by atoms with van der Waals surface area (Å²) in [7, 11) is 0. The molecule has 1 fully saturated rings. The maximum Gasteiger partial charge on any atom is 0.325 e. The van der Waals surface area contributed by atoms with Crippen LogP contribution in [-0.4, -0.2) is 23.1 Å². The molecule has 1 saturated heterocycles. The summed E-state index contributed by atoms with van der Waals surface area (Å²) in [5.41, 5.74) is -1.13. The molecule has 1 unspecified atom stereocenters. The van der Waals surface area contributed by atoms with Crippen LogP contribution in [0.1, 0.15) is 20.8 Å². The molecule has 0 N–H and O–H groups in total. The molecule has 0 amide bonds. The molecule has 1 aliphatic rings. The lowest BCUT2D eigenvalue weighted by molar-refractivity contribution is -0.150. The second-order valence-electron chi connectivity index (χ2n) is 3.34. The van der Waals surface area contributed by atoms with Gasteiger partial charge in [0.25, 0.3) is 0 Å². The summed E-state index contributed by atoms with van der Waals surface area (Å²) < 4.78 is 4.73. The molecule has 0 bridgehead atoms. The lowest BCUT2D eigenvalue weighted by Crippen LogP contribution is -2.32. The van der Waals surface area contributed by atoms with E-state index in [9.17, 15) is 14.4 Å². The average Bonchev–Trinajstić information content (AvgIpc) is 2.02. The predicted octanol–water partition coefficient (Wildman–Crippen LogP) is 0.0961. The molecular formula is C8H10O4. The second-order valence-corrected chi connectivity index (χ2v) is 3.34. The minimum Gasteiger partial charge on any atom is -0.451 e. The van der Waals surface area contributed by atoms with Gasteiger partial charge in [-0.05, 0) is 20.8 Å². The van der Waals surface area contributed by atoms with Gasteiger partial charge >= 0.3 is 5.97 Å². The van der Waals surface area contributed by atoms with Gasteiger partial charge in [0.15, 0.2) is 23.1 Å². The number of ether oxygens (including phenoxy) is 1. The molecule has 66 valence electrons. The maximum absolute atomic E-state index is 11.3. The number of carbonyl (C=O) groups excluding carboxylic acids is 3. The normalized spacial score (nSPS) is 27.1. The molecule has 1 heterocycles. The molecule has 4 heteroatoms. The molecule has 0 aromatic rings. The molecule has 4 nitrogen and oxygen atoms in total. The van der Waals surface area contributed by atoms with Crippen LogP contribution in [0, 0.1) is 5.92 Å². The predicted molar refractivity (Wildman–Crippen MR) is 39.3 cm³/mol. The molecule has 0 saturated carbocycles. The first-order valence-electron chi connectivity index (χ1n) is 3.64. The zero-order valence-electron chi connectivity index (χ0n) is 7.21. The van der Waals surface area contributed by atoms with E-state index in [4.69, 9.17) is 4.74 Å². The quantitative estimate of drug-likeness (QED) is 0.413. The van der Waals surface area contributed by atoms with Gasteiger partial charge in [0, 0.05) is 0 Å². The first-order valence-corrected chi connectivity index (χ1v) is 3.64. The zero-order valence-corrected chi connectivity index (χ0v) is 7.21. The van der Waals surface area contributed by atoms with E-state index in [1.54, 1.807) is 0 Å². The smallest absolute Gasteiger partial charge is 0.325 e. The Bertz CT molecular complexity index is 264. The molecule has 1 atom stereocenters. The van der Waals surface area contributed by atoms with E-state index in [0.29, 0.717) is 0 Å². The Kier molecular flexibility index (Phi) is 1.78. The van der Waals surface area contributed by atoms with Gasteiger partial charge in [0.1, 0.15) is 0 Å². The Morgan fingerprint density at radius 2 is 1.92 bits per heavy atom. The average molecular weight is 170 g/mol. The largest absolute Gasteiger partial charge is 0.451 e. The lowest BCUT2D eigenvalue weighted by atomic mass is 9.93. The van der Waals surface area contributed by atoms with Gasteiger partial charge in [-0.2, -0.15) is 0 Å². The molecule has 0 aliphatic carbocycles. The van der Waals surface area contributed by atoms with Crippen LogP contribution in [0.5, 0.6) is 0 Å². The Labute approximate surface area is 69.9 Å². The van der Waals surface area contributed by atoms with Crippen molar-refractivity contribution in [3.8, 4) is 0 Å². The van der Waals surface area contributed by atoms with Crippen LogP contribution < -0.4 is 0 Å². The van der Waals surface area contributed by atoms with E-state index < -0.39 is 29.1 Å². The Morgan fingerprint density at radius 3 is 2.08 bits per heavy atom. The lowest BCUT2D eigenvalue weighted by Gasteiger charge is -2.12. The van der Waals surface area contributed by atoms with Gasteiger partial charge in [0.05, 0.1) is 0 Å². The number of Topliss-reactive ketones (excluding diaryl/α,β-unsaturated/α-hetero) is 2. The summed E-state index contributed by atoms with van der Waals surface area (Å²) >= 11 is 0. The number of esters is 1. The summed E-state index contributed by atoms with van der Waals surface area (Å²) in [5.74, 6) is -2.81. The van der Waals surface area contributed by atoms with E-state index in [-0.39, 0.29) is 0 Å². The highest BCUT2D eigenvalue weighted by Gasteiger charge is 2.51. The van der Waals surface area contributed by atoms with Crippen molar-refractivity contribution in [1.29, 1.82) is 0 Å². The number of carbonyl (C=O) groups is 3. The van der Waals surface area contributed by atoms with Crippen molar-refractivity contribution in [3.63, 3.8) is 0 Å². The van der Waals surface area contributed by atoms with Gasteiger partial charge in [0.2, 0.25) is 0 Å². The molecule has 12 heavy (non-hydrogen) atoms.